The van der Waals surface area contributed by atoms with Crippen molar-refractivity contribution in [3.8, 4) is 28.4 Å². The Morgan fingerprint density at radius 1 is 1.00 bits per heavy atom. The van der Waals surface area contributed by atoms with E-state index < -0.39 is 0 Å². The van der Waals surface area contributed by atoms with Crippen molar-refractivity contribution in [3.63, 3.8) is 0 Å². The fourth-order valence-corrected chi connectivity index (χ4v) is 4.32. The molecular weight excluding hydrogens is 412 g/mol. The summed E-state index contributed by atoms with van der Waals surface area (Å²) < 4.78 is 12.7. The number of rotatable bonds is 7. The van der Waals surface area contributed by atoms with Crippen LogP contribution in [0.3, 0.4) is 0 Å². The largest absolute Gasteiger partial charge is 0.497 e. The predicted octanol–water partition coefficient (Wildman–Crippen LogP) is 3.45. The van der Waals surface area contributed by atoms with Gasteiger partial charge in [-0.1, -0.05) is 5.16 Å². The molecule has 1 aliphatic heterocycles. The van der Waals surface area contributed by atoms with Crippen LogP contribution in [0.1, 0.15) is 5.89 Å². The van der Waals surface area contributed by atoms with E-state index in [4.69, 9.17) is 14.4 Å². The molecule has 0 atom stereocenters. The van der Waals surface area contributed by atoms with E-state index in [1.165, 1.54) is 5.56 Å². The molecular formula is C22H24N6O2S. The Hall–Kier alpha value is -3.01. The lowest BCUT2D eigenvalue weighted by Crippen LogP contribution is -2.46. The lowest BCUT2D eigenvalue weighted by atomic mass is 10.2. The highest BCUT2D eigenvalue weighted by Gasteiger charge is 2.20. The number of piperazine rings is 1. The lowest BCUT2D eigenvalue weighted by Gasteiger charge is -2.33. The number of benzene rings is 1. The van der Waals surface area contributed by atoms with Gasteiger partial charge in [-0.2, -0.15) is 21.4 Å². The highest BCUT2D eigenvalue weighted by molar-refractivity contribution is 7.08. The number of ether oxygens (including phenoxy) is 1. The average molecular weight is 437 g/mol. The van der Waals surface area contributed by atoms with Crippen molar-refractivity contribution >= 4 is 11.3 Å². The molecule has 8 nitrogen and oxygen atoms in total. The minimum absolute atomic E-state index is 0.608. The molecule has 4 aromatic rings. The molecule has 4 heterocycles. The van der Waals surface area contributed by atoms with E-state index in [-0.39, 0.29) is 0 Å². The van der Waals surface area contributed by atoms with E-state index in [1.807, 2.05) is 28.9 Å². The van der Waals surface area contributed by atoms with Gasteiger partial charge in [-0.25, -0.2) is 0 Å². The van der Waals surface area contributed by atoms with Crippen molar-refractivity contribution in [3.05, 3.63) is 59.2 Å². The van der Waals surface area contributed by atoms with Crippen LogP contribution in [0.5, 0.6) is 5.75 Å². The van der Waals surface area contributed by atoms with Crippen molar-refractivity contribution in [2.75, 3.05) is 33.3 Å². The van der Waals surface area contributed by atoms with Crippen LogP contribution in [0.15, 0.2) is 57.9 Å². The quantitative estimate of drug-likeness (QED) is 0.439. The Bertz CT molecular complexity index is 1100. The smallest absolute Gasteiger partial charge is 0.241 e. The summed E-state index contributed by atoms with van der Waals surface area (Å²) >= 11 is 1.69. The second kappa shape index (κ2) is 9.01. The van der Waals surface area contributed by atoms with Gasteiger partial charge in [-0.3, -0.25) is 14.5 Å². The van der Waals surface area contributed by atoms with E-state index in [0.717, 1.165) is 49.9 Å². The molecule has 3 aromatic heterocycles. The molecule has 0 N–H and O–H groups in total. The Morgan fingerprint density at radius 3 is 2.55 bits per heavy atom. The first-order chi connectivity index (χ1) is 15.3. The number of hydrogen-bond donors (Lipinski definition) is 0. The highest BCUT2D eigenvalue weighted by atomic mass is 32.1. The summed E-state index contributed by atoms with van der Waals surface area (Å²) in [7, 11) is 1.65. The van der Waals surface area contributed by atoms with Crippen molar-refractivity contribution in [1.29, 1.82) is 0 Å². The van der Waals surface area contributed by atoms with Crippen LogP contribution in [0.2, 0.25) is 0 Å². The number of aromatic nitrogens is 4. The SMILES string of the molecule is COc1ccc(-c2noc(CN3CCN(Cn4ccc(-c5ccsc5)n4)CC3)n2)cc1. The molecule has 0 radical (unpaired) electrons. The summed E-state index contributed by atoms with van der Waals surface area (Å²) in [5, 5.41) is 13.0. The Kier molecular flexibility index (Phi) is 5.79. The Morgan fingerprint density at radius 2 is 1.81 bits per heavy atom. The molecule has 1 aromatic carbocycles. The lowest BCUT2D eigenvalue weighted by molar-refractivity contribution is 0.0915. The molecule has 0 amide bonds. The van der Waals surface area contributed by atoms with Gasteiger partial charge in [-0.05, 0) is 41.8 Å². The topological polar surface area (TPSA) is 72.5 Å². The Balaban J connectivity index is 1.12. The summed E-state index contributed by atoms with van der Waals surface area (Å²) in [4.78, 5) is 9.32. The summed E-state index contributed by atoms with van der Waals surface area (Å²) in [5.74, 6) is 2.06. The number of nitrogens with zero attached hydrogens (tertiary/aromatic N) is 6. The standard InChI is InChI=1S/C22H24N6O2S/c1-29-19-4-2-17(3-5-19)22-23-21(30-25-22)14-26-9-11-27(12-10-26)16-28-8-6-20(24-28)18-7-13-31-15-18/h2-8,13,15H,9-12,14,16H2,1H3. The van der Waals surface area contributed by atoms with Gasteiger partial charge >= 0.3 is 0 Å². The third-order valence-corrected chi connectivity index (χ3v) is 6.13. The van der Waals surface area contributed by atoms with Crippen LogP contribution in [-0.4, -0.2) is 63.0 Å². The van der Waals surface area contributed by atoms with Gasteiger partial charge in [0.05, 0.1) is 26.0 Å². The summed E-state index contributed by atoms with van der Waals surface area (Å²) in [6, 6.07) is 11.8. The van der Waals surface area contributed by atoms with Gasteiger partial charge in [-0.15, -0.1) is 0 Å². The second-order valence-corrected chi connectivity index (χ2v) is 8.31. The molecule has 31 heavy (non-hydrogen) atoms. The number of thiophene rings is 1. The maximum atomic E-state index is 5.48. The van der Waals surface area contributed by atoms with Crippen LogP contribution in [0, 0.1) is 0 Å². The molecule has 1 fully saturated rings. The fourth-order valence-electron chi connectivity index (χ4n) is 3.67. The average Bonchev–Trinajstić information content (AvgIpc) is 3.57. The minimum Gasteiger partial charge on any atom is -0.497 e. The van der Waals surface area contributed by atoms with Crippen LogP contribution in [-0.2, 0) is 13.2 Å². The first-order valence-electron chi connectivity index (χ1n) is 10.2. The first kappa shape index (κ1) is 19.9. The molecule has 0 unspecified atom stereocenters. The van der Waals surface area contributed by atoms with Crippen molar-refractivity contribution in [2.24, 2.45) is 0 Å². The number of hydrogen-bond acceptors (Lipinski definition) is 8. The first-order valence-corrected chi connectivity index (χ1v) is 11.2. The molecule has 9 heteroatoms. The normalized spacial score (nSPS) is 15.4. The monoisotopic (exact) mass is 436 g/mol. The molecule has 0 bridgehead atoms. The van der Waals surface area contributed by atoms with Gasteiger partial charge in [0.25, 0.3) is 0 Å². The van der Waals surface area contributed by atoms with E-state index in [0.29, 0.717) is 18.3 Å². The van der Waals surface area contributed by atoms with Gasteiger partial charge in [0, 0.05) is 48.9 Å². The van der Waals surface area contributed by atoms with Crippen LogP contribution >= 0.6 is 11.3 Å². The second-order valence-electron chi connectivity index (χ2n) is 7.53. The van der Waals surface area contributed by atoms with Crippen LogP contribution in [0.25, 0.3) is 22.6 Å². The van der Waals surface area contributed by atoms with Crippen molar-refractivity contribution in [2.45, 2.75) is 13.2 Å². The van der Waals surface area contributed by atoms with Crippen molar-refractivity contribution < 1.29 is 9.26 Å². The maximum Gasteiger partial charge on any atom is 0.241 e. The van der Waals surface area contributed by atoms with E-state index in [1.54, 1.807) is 18.4 Å². The molecule has 5 rings (SSSR count). The third-order valence-electron chi connectivity index (χ3n) is 5.44. The fraction of sp³-hybridized carbons (Fsp3) is 0.318. The molecule has 160 valence electrons. The minimum atomic E-state index is 0.608. The van der Waals surface area contributed by atoms with Gasteiger partial charge in [0.15, 0.2) is 0 Å². The predicted molar refractivity (Wildman–Crippen MR) is 119 cm³/mol. The Labute approximate surface area is 184 Å². The zero-order chi connectivity index (χ0) is 21.0. The van der Waals surface area contributed by atoms with Crippen LogP contribution in [0.4, 0.5) is 0 Å². The summed E-state index contributed by atoms with van der Waals surface area (Å²) in [6.07, 6.45) is 2.05. The highest BCUT2D eigenvalue weighted by Crippen LogP contribution is 2.21. The van der Waals surface area contributed by atoms with Gasteiger partial charge < -0.3 is 9.26 Å². The van der Waals surface area contributed by atoms with Gasteiger partial charge in [0.2, 0.25) is 11.7 Å². The van der Waals surface area contributed by atoms with E-state index in [9.17, 15) is 0 Å². The molecule has 1 aliphatic rings. The van der Waals surface area contributed by atoms with E-state index in [2.05, 4.69) is 49.0 Å². The zero-order valence-corrected chi connectivity index (χ0v) is 18.2. The van der Waals surface area contributed by atoms with Crippen LogP contribution < -0.4 is 4.74 Å². The number of methoxy groups -OCH3 is 1. The maximum absolute atomic E-state index is 5.48. The summed E-state index contributed by atoms with van der Waals surface area (Å²) in [5.41, 5.74) is 3.13. The molecule has 1 saturated heterocycles. The third kappa shape index (κ3) is 4.68. The molecule has 0 saturated carbocycles. The summed E-state index contributed by atoms with van der Waals surface area (Å²) in [6.45, 7) is 5.35. The van der Waals surface area contributed by atoms with E-state index >= 15 is 0 Å². The molecule has 0 spiro atoms. The van der Waals surface area contributed by atoms with Gasteiger partial charge in [0.1, 0.15) is 5.75 Å². The molecule has 0 aliphatic carbocycles. The van der Waals surface area contributed by atoms with Crippen molar-refractivity contribution in [1.82, 2.24) is 29.7 Å². The zero-order valence-electron chi connectivity index (χ0n) is 17.3.